The number of ether oxygens (including phenoxy) is 1. The van der Waals surface area contributed by atoms with Crippen molar-refractivity contribution in [2.45, 2.75) is 27.3 Å². The molecule has 2 rings (SSSR count). The van der Waals surface area contributed by atoms with Crippen LogP contribution in [-0.4, -0.2) is 27.6 Å². The summed E-state index contributed by atoms with van der Waals surface area (Å²) < 4.78 is 11.8. The molecule has 2 heterocycles. The van der Waals surface area contributed by atoms with E-state index in [0.29, 0.717) is 18.3 Å². The summed E-state index contributed by atoms with van der Waals surface area (Å²) in [6.45, 7) is 5.80. The number of hydrogen-bond donors (Lipinski definition) is 1. The Morgan fingerprint density at radius 2 is 2.05 bits per heavy atom. The SMILES string of the molecule is COC(=O)c1nc(C)n(Cc2nc(C)c(C)o2)c1N. The number of carbonyl (C=O) groups excluding carboxylic acids is 1. The lowest BCUT2D eigenvalue weighted by molar-refractivity contribution is 0.0595. The molecule has 7 nitrogen and oxygen atoms in total. The molecule has 7 heteroatoms. The third-order valence-electron chi connectivity index (χ3n) is 2.94. The molecular weight excluding hydrogens is 248 g/mol. The van der Waals surface area contributed by atoms with Crippen molar-refractivity contribution in [3.8, 4) is 0 Å². The maximum absolute atomic E-state index is 11.5. The van der Waals surface area contributed by atoms with Gasteiger partial charge in [-0.3, -0.25) is 0 Å². The van der Waals surface area contributed by atoms with Crippen LogP contribution in [0.5, 0.6) is 0 Å². The summed E-state index contributed by atoms with van der Waals surface area (Å²) in [5.41, 5.74) is 6.85. The van der Waals surface area contributed by atoms with Crippen molar-refractivity contribution in [3.63, 3.8) is 0 Å². The van der Waals surface area contributed by atoms with Gasteiger partial charge in [0.25, 0.3) is 0 Å². The molecule has 0 spiro atoms. The number of aromatic nitrogens is 3. The Kier molecular flexibility index (Phi) is 3.28. The van der Waals surface area contributed by atoms with E-state index in [2.05, 4.69) is 14.7 Å². The number of anilines is 1. The average Bonchev–Trinajstić information content (AvgIpc) is 2.83. The molecular formula is C12H16N4O3. The number of hydrogen-bond acceptors (Lipinski definition) is 6. The molecule has 0 fully saturated rings. The van der Waals surface area contributed by atoms with E-state index in [1.807, 2.05) is 13.8 Å². The van der Waals surface area contributed by atoms with Gasteiger partial charge in [-0.05, 0) is 20.8 Å². The molecule has 0 radical (unpaired) electrons. The fourth-order valence-corrected chi connectivity index (χ4v) is 1.77. The van der Waals surface area contributed by atoms with Crippen LogP contribution in [0.1, 0.15) is 33.7 Å². The first-order valence-electron chi connectivity index (χ1n) is 5.77. The van der Waals surface area contributed by atoms with E-state index in [1.54, 1.807) is 11.5 Å². The van der Waals surface area contributed by atoms with Gasteiger partial charge in [-0.15, -0.1) is 0 Å². The number of methoxy groups -OCH3 is 1. The molecule has 2 aromatic rings. The lowest BCUT2D eigenvalue weighted by Gasteiger charge is -2.04. The van der Waals surface area contributed by atoms with Crippen molar-refractivity contribution >= 4 is 11.8 Å². The van der Waals surface area contributed by atoms with Crippen molar-refractivity contribution in [1.29, 1.82) is 0 Å². The summed E-state index contributed by atoms with van der Waals surface area (Å²) in [5.74, 6) is 1.58. The molecule has 0 saturated heterocycles. The number of esters is 1. The number of nitrogens with zero attached hydrogens (tertiary/aromatic N) is 3. The Morgan fingerprint density at radius 1 is 1.37 bits per heavy atom. The minimum Gasteiger partial charge on any atom is -0.464 e. The summed E-state index contributed by atoms with van der Waals surface area (Å²) in [6.07, 6.45) is 0. The van der Waals surface area contributed by atoms with Gasteiger partial charge < -0.3 is 19.5 Å². The molecule has 2 aromatic heterocycles. The van der Waals surface area contributed by atoms with Gasteiger partial charge in [-0.25, -0.2) is 14.8 Å². The fourth-order valence-electron chi connectivity index (χ4n) is 1.77. The number of nitrogen functional groups attached to an aromatic ring is 1. The normalized spacial score (nSPS) is 10.7. The second kappa shape index (κ2) is 4.75. The maximum atomic E-state index is 11.5. The van der Waals surface area contributed by atoms with E-state index in [0.717, 1.165) is 11.5 Å². The lowest BCUT2D eigenvalue weighted by Crippen LogP contribution is -2.09. The second-order valence-corrected chi connectivity index (χ2v) is 4.22. The smallest absolute Gasteiger partial charge is 0.360 e. The lowest BCUT2D eigenvalue weighted by atomic mass is 10.4. The number of nitrogens with two attached hydrogens (primary N) is 1. The minimum atomic E-state index is -0.556. The Morgan fingerprint density at radius 3 is 2.58 bits per heavy atom. The quantitative estimate of drug-likeness (QED) is 0.837. The zero-order valence-electron chi connectivity index (χ0n) is 11.4. The number of carbonyl (C=O) groups is 1. The molecule has 0 unspecified atom stereocenters. The maximum Gasteiger partial charge on any atom is 0.360 e. The Balaban J connectivity index is 2.35. The van der Waals surface area contributed by atoms with Crippen LogP contribution >= 0.6 is 0 Å². The average molecular weight is 264 g/mol. The second-order valence-electron chi connectivity index (χ2n) is 4.22. The van der Waals surface area contributed by atoms with Gasteiger partial charge in [-0.1, -0.05) is 0 Å². The van der Waals surface area contributed by atoms with E-state index in [1.165, 1.54) is 7.11 Å². The van der Waals surface area contributed by atoms with Gasteiger partial charge in [0.2, 0.25) is 5.89 Å². The highest BCUT2D eigenvalue weighted by atomic mass is 16.5. The third kappa shape index (κ3) is 2.31. The van der Waals surface area contributed by atoms with Gasteiger partial charge >= 0.3 is 5.97 Å². The third-order valence-corrected chi connectivity index (χ3v) is 2.94. The van der Waals surface area contributed by atoms with E-state index in [4.69, 9.17) is 10.2 Å². The first kappa shape index (κ1) is 13.1. The van der Waals surface area contributed by atoms with Gasteiger partial charge in [0.15, 0.2) is 5.69 Å². The first-order chi connectivity index (χ1) is 8.93. The van der Waals surface area contributed by atoms with Crippen LogP contribution in [0, 0.1) is 20.8 Å². The molecule has 19 heavy (non-hydrogen) atoms. The number of oxazole rings is 1. The van der Waals surface area contributed by atoms with Crippen molar-refractivity contribution in [1.82, 2.24) is 14.5 Å². The van der Waals surface area contributed by atoms with E-state index in [-0.39, 0.29) is 11.5 Å². The highest BCUT2D eigenvalue weighted by Gasteiger charge is 2.20. The van der Waals surface area contributed by atoms with Crippen molar-refractivity contribution in [2.24, 2.45) is 0 Å². The largest absolute Gasteiger partial charge is 0.464 e. The number of aryl methyl sites for hydroxylation is 3. The van der Waals surface area contributed by atoms with Crippen molar-refractivity contribution in [3.05, 3.63) is 28.9 Å². The van der Waals surface area contributed by atoms with Crippen LogP contribution in [-0.2, 0) is 11.3 Å². The Bertz CT molecular complexity index is 608. The summed E-state index contributed by atoms with van der Waals surface area (Å²) >= 11 is 0. The zero-order chi connectivity index (χ0) is 14.2. The summed E-state index contributed by atoms with van der Waals surface area (Å²) in [7, 11) is 1.29. The predicted octanol–water partition coefficient (Wildman–Crippen LogP) is 1.21. The molecule has 0 aromatic carbocycles. The zero-order valence-corrected chi connectivity index (χ0v) is 11.4. The van der Waals surface area contributed by atoms with Crippen LogP contribution in [0.25, 0.3) is 0 Å². The van der Waals surface area contributed by atoms with E-state index >= 15 is 0 Å². The standard InChI is InChI=1S/C12H16N4O3/c1-6-7(2)19-9(14-6)5-16-8(3)15-10(11(16)13)12(17)18-4/h5,13H2,1-4H3. The highest BCUT2D eigenvalue weighted by molar-refractivity contribution is 5.92. The van der Waals surface area contributed by atoms with Crippen LogP contribution in [0.15, 0.2) is 4.42 Å². The van der Waals surface area contributed by atoms with Crippen LogP contribution in [0.4, 0.5) is 5.82 Å². The molecule has 0 aliphatic carbocycles. The highest BCUT2D eigenvalue weighted by Crippen LogP contribution is 2.18. The van der Waals surface area contributed by atoms with Gasteiger partial charge in [-0.2, -0.15) is 0 Å². The van der Waals surface area contributed by atoms with E-state index < -0.39 is 5.97 Å². The van der Waals surface area contributed by atoms with Crippen molar-refractivity contribution in [2.75, 3.05) is 12.8 Å². The molecule has 0 aliphatic rings. The fraction of sp³-hybridized carbons (Fsp3) is 0.417. The molecule has 0 atom stereocenters. The minimum absolute atomic E-state index is 0.111. The summed E-state index contributed by atoms with van der Waals surface area (Å²) in [6, 6.07) is 0. The van der Waals surface area contributed by atoms with Crippen molar-refractivity contribution < 1.29 is 13.9 Å². The topological polar surface area (TPSA) is 96.2 Å². The number of imidazole rings is 1. The molecule has 0 saturated carbocycles. The molecule has 102 valence electrons. The number of rotatable bonds is 3. The molecule has 0 aliphatic heterocycles. The summed E-state index contributed by atoms with van der Waals surface area (Å²) in [4.78, 5) is 19.9. The van der Waals surface area contributed by atoms with Crippen LogP contribution in [0.2, 0.25) is 0 Å². The monoisotopic (exact) mass is 264 g/mol. The Labute approximate surface area is 110 Å². The molecule has 2 N–H and O–H groups in total. The summed E-state index contributed by atoms with van der Waals surface area (Å²) in [5, 5.41) is 0. The first-order valence-corrected chi connectivity index (χ1v) is 5.77. The molecule has 0 amide bonds. The molecule has 0 bridgehead atoms. The van der Waals surface area contributed by atoms with Crippen LogP contribution in [0.3, 0.4) is 0 Å². The predicted molar refractivity (Wildman–Crippen MR) is 67.8 cm³/mol. The van der Waals surface area contributed by atoms with E-state index in [9.17, 15) is 4.79 Å². The van der Waals surface area contributed by atoms with Gasteiger partial charge in [0.05, 0.1) is 12.8 Å². The van der Waals surface area contributed by atoms with Gasteiger partial charge in [0, 0.05) is 0 Å². The van der Waals surface area contributed by atoms with Crippen LogP contribution < -0.4 is 5.73 Å². The van der Waals surface area contributed by atoms with Gasteiger partial charge in [0.1, 0.15) is 23.9 Å². The Hall–Kier alpha value is -2.31.